The molecule has 7 heteroatoms. The zero-order chi connectivity index (χ0) is 17.9. The highest BCUT2D eigenvalue weighted by Crippen LogP contribution is 2.08. The van der Waals surface area contributed by atoms with Crippen LogP contribution in [-0.4, -0.2) is 59.9 Å². The standard InChI is InChI=1S/C19H36N6.HI/c1-4-20-19(22-11-15-24-12-7-5-6-8-13-24)21-10-9-14-25-18(3)16-17(2)23-25;/h16H,4-15H2,1-3H3,(H2,20,21,22);1H. The van der Waals surface area contributed by atoms with Crippen LogP contribution in [0.15, 0.2) is 11.1 Å². The number of rotatable bonds is 8. The van der Waals surface area contributed by atoms with Crippen molar-refractivity contribution in [1.82, 2.24) is 25.3 Å². The lowest BCUT2D eigenvalue weighted by atomic mass is 10.2. The number of nitrogens with one attached hydrogen (secondary N) is 2. The van der Waals surface area contributed by atoms with Crippen LogP contribution < -0.4 is 10.6 Å². The Hall–Kier alpha value is -0.830. The average Bonchev–Trinajstić information content (AvgIpc) is 2.78. The summed E-state index contributed by atoms with van der Waals surface area (Å²) in [7, 11) is 0. The highest BCUT2D eigenvalue weighted by atomic mass is 127. The van der Waals surface area contributed by atoms with Gasteiger partial charge in [-0.2, -0.15) is 5.10 Å². The van der Waals surface area contributed by atoms with Crippen LogP contribution >= 0.6 is 24.0 Å². The third kappa shape index (κ3) is 8.70. The Bertz CT molecular complexity index is 520. The number of halogens is 1. The number of aliphatic imine (C=N–C) groups is 1. The lowest BCUT2D eigenvalue weighted by molar-refractivity contribution is 0.289. The van der Waals surface area contributed by atoms with Gasteiger partial charge in [-0.05, 0) is 59.2 Å². The molecule has 1 aromatic heterocycles. The summed E-state index contributed by atoms with van der Waals surface area (Å²) in [6.45, 7) is 13.5. The van der Waals surface area contributed by atoms with Crippen LogP contribution in [0.5, 0.6) is 0 Å². The monoisotopic (exact) mass is 476 g/mol. The maximum Gasteiger partial charge on any atom is 0.191 e. The van der Waals surface area contributed by atoms with E-state index in [0.717, 1.165) is 50.8 Å². The van der Waals surface area contributed by atoms with Crippen LogP contribution in [0, 0.1) is 13.8 Å². The summed E-state index contributed by atoms with van der Waals surface area (Å²) in [5, 5.41) is 11.3. The number of aryl methyl sites for hydroxylation is 3. The second kappa shape index (κ2) is 13.4. The first-order valence-corrected chi connectivity index (χ1v) is 9.94. The summed E-state index contributed by atoms with van der Waals surface area (Å²) in [4.78, 5) is 7.28. The van der Waals surface area contributed by atoms with E-state index in [4.69, 9.17) is 4.99 Å². The number of guanidine groups is 1. The molecule has 26 heavy (non-hydrogen) atoms. The van der Waals surface area contributed by atoms with Gasteiger partial charge in [0.1, 0.15) is 0 Å². The maximum absolute atomic E-state index is 4.70. The minimum atomic E-state index is 0. The van der Waals surface area contributed by atoms with Gasteiger partial charge in [-0.1, -0.05) is 12.8 Å². The molecule has 1 aliphatic heterocycles. The predicted molar refractivity (Wildman–Crippen MR) is 121 cm³/mol. The molecule has 2 N–H and O–H groups in total. The summed E-state index contributed by atoms with van der Waals surface area (Å²) in [6, 6.07) is 2.12. The normalized spacial score (nSPS) is 16.0. The third-order valence-corrected chi connectivity index (χ3v) is 4.66. The molecule has 1 aromatic rings. The van der Waals surface area contributed by atoms with Gasteiger partial charge in [-0.3, -0.25) is 9.67 Å². The Morgan fingerprint density at radius 2 is 1.85 bits per heavy atom. The second-order valence-corrected chi connectivity index (χ2v) is 6.95. The predicted octanol–water partition coefficient (Wildman–Crippen LogP) is 2.94. The number of likely N-dealkylation sites (tertiary alicyclic amines) is 1. The highest BCUT2D eigenvalue weighted by Gasteiger charge is 2.08. The summed E-state index contributed by atoms with van der Waals surface area (Å²) >= 11 is 0. The molecule has 0 radical (unpaired) electrons. The van der Waals surface area contributed by atoms with E-state index in [1.165, 1.54) is 44.5 Å². The molecule has 1 aliphatic rings. The number of nitrogens with zero attached hydrogens (tertiary/aromatic N) is 4. The quantitative estimate of drug-likeness (QED) is 0.262. The fraction of sp³-hybridized carbons (Fsp3) is 0.789. The van der Waals surface area contributed by atoms with Crippen molar-refractivity contribution in [3.63, 3.8) is 0 Å². The van der Waals surface area contributed by atoms with Gasteiger partial charge in [-0.25, -0.2) is 0 Å². The molecular weight excluding hydrogens is 439 g/mol. The van der Waals surface area contributed by atoms with E-state index in [1.807, 2.05) is 6.92 Å². The van der Waals surface area contributed by atoms with Crippen LogP contribution in [0.1, 0.15) is 50.4 Å². The molecule has 0 atom stereocenters. The molecule has 2 heterocycles. The number of aromatic nitrogens is 2. The first kappa shape index (κ1) is 23.2. The van der Waals surface area contributed by atoms with E-state index in [0.29, 0.717) is 0 Å². The smallest absolute Gasteiger partial charge is 0.191 e. The molecular formula is C19H37IN6. The Kier molecular flexibility index (Phi) is 11.9. The summed E-state index contributed by atoms with van der Waals surface area (Å²) in [6.07, 6.45) is 6.48. The van der Waals surface area contributed by atoms with E-state index in [1.54, 1.807) is 0 Å². The van der Waals surface area contributed by atoms with Gasteiger partial charge in [0.05, 0.1) is 5.69 Å². The molecule has 0 saturated carbocycles. The van der Waals surface area contributed by atoms with E-state index < -0.39 is 0 Å². The summed E-state index contributed by atoms with van der Waals surface area (Å²) in [5.74, 6) is 0.936. The van der Waals surface area contributed by atoms with Crippen molar-refractivity contribution in [2.75, 3.05) is 39.3 Å². The van der Waals surface area contributed by atoms with Crippen molar-refractivity contribution in [2.24, 2.45) is 4.99 Å². The summed E-state index contributed by atoms with van der Waals surface area (Å²) in [5.41, 5.74) is 2.31. The minimum Gasteiger partial charge on any atom is -0.357 e. The van der Waals surface area contributed by atoms with E-state index in [-0.39, 0.29) is 24.0 Å². The van der Waals surface area contributed by atoms with Crippen molar-refractivity contribution in [3.05, 3.63) is 17.5 Å². The molecule has 1 saturated heterocycles. The molecule has 0 unspecified atom stereocenters. The van der Waals surface area contributed by atoms with Gasteiger partial charge >= 0.3 is 0 Å². The van der Waals surface area contributed by atoms with Crippen LogP contribution in [0.25, 0.3) is 0 Å². The maximum atomic E-state index is 4.70. The van der Waals surface area contributed by atoms with E-state index in [2.05, 4.69) is 45.2 Å². The van der Waals surface area contributed by atoms with Crippen molar-refractivity contribution in [2.45, 2.75) is 59.4 Å². The molecule has 0 aromatic carbocycles. The Labute approximate surface area is 176 Å². The van der Waals surface area contributed by atoms with Gasteiger partial charge in [0.2, 0.25) is 0 Å². The summed E-state index contributed by atoms with van der Waals surface area (Å²) < 4.78 is 2.07. The lowest BCUT2D eigenvalue weighted by Gasteiger charge is -2.20. The SMILES string of the molecule is CCNC(=NCCCn1nc(C)cc1C)NCCN1CCCCCC1.I. The van der Waals surface area contributed by atoms with Gasteiger partial charge in [-0.15, -0.1) is 24.0 Å². The van der Waals surface area contributed by atoms with E-state index in [9.17, 15) is 0 Å². The molecule has 6 nitrogen and oxygen atoms in total. The van der Waals surface area contributed by atoms with Crippen molar-refractivity contribution in [3.8, 4) is 0 Å². The minimum absolute atomic E-state index is 0. The Morgan fingerprint density at radius 3 is 2.46 bits per heavy atom. The number of hydrogen-bond donors (Lipinski definition) is 2. The van der Waals surface area contributed by atoms with Crippen molar-refractivity contribution in [1.29, 1.82) is 0 Å². The first-order chi connectivity index (χ1) is 12.2. The van der Waals surface area contributed by atoms with Crippen LogP contribution in [0.4, 0.5) is 0 Å². The average molecular weight is 476 g/mol. The molecule has 150 valence electrons. The second-order valence-electron chi connectivity index (χ2n) is 6.95. The van der Waals surface area contributed by atoms with Gasteiger partial charge in [0, 0.05) is 38.4 Å². The van der Waals surface area contributed by atoms with Crippen molar-refractivity contribution < 1.29 is 0 Å². The first-order valence-electron chi connectivity index (χ1n) is 9.94. The van der Waals surface area contributed by atoms with Crippen LogP contribution in [0.3, 0.4) is 0 Å². The molecule has 0 aliphatic carbocycles. The van der Waals surface area contributed by atoms with Crippen LogP contribution in [-0.2, 0) is 6.54 Å². The molecule has 0 bridgehead atoms. The molecule has 0 amide bonds. The van der Waals surface area contributed by atoms with Crippen molar-refractivity contribution >= 4 is 29.9 Å². The fourth-order valence-electron chi connectivity index (χ4n) is 3.35. The zero-order valence-electron chi connectivity index (χ0n) is 16.8. The molecule has 1 fully saturated rings. The third-order valence-electron chi connectivity index (χ3n) is 4.66. The zero-order valence-corrected chi connectivity index (χ0v) is 19.1. The van der Waals surface area contributed by atoms with Gasteiger partial charge < -0.3 is 15.5 Å². The van der Waals surface area contributed by atoms with Gasteiger partial charge in [0.15, 0.2) is 5.96 Å². The number of hydrogen-bond acceptors (Lipinski definition) is 3. The van der Waals surface area contributed by atoms with Crippen LogP contribution in [0.2, 0.25) is 0 Å². The highest BCUT2D eigenvalue weighted by molar-refractivity contribution is 14.0. The molecule has 0 spiro atoms. The lowest BCUT2D eigenvalue weighted by Crippen LogP contribution is -2.42. The largest absolute Gasteiger partial charge is 0.357 e. The topological polar surface area (TPSA) is 57.5 Å². The Morgan fingerprint density at radius 1 is 1.12 bits per heavy atom. The molecule has 2 rings (SSSR count). The Balaban J connectivity index is 0.00000338. The van der Waals surface area contributed by atoms with Gasteiger partial charge in [0.25, 0.3) is 0 Å². The fourth-order valence-corrected chi connectivity index (χ4v) is 3.35. The van der Waals surface area contributed by atoms with E-state index >= 15 is 0 Å².